The summed E-state index contributed by atoms with van der Waals surface area (Å²) in [5.41, 5.74) is -1.41. The molecule has 0 unspecified atom stereocenters. The molecule has 0 amide bonds. The quantitative estimate of drug-likeness (QED) is 0.708. The van der Waals surface area contributed by atoms with Gasteiger partial charge in [-0.15, -0.1) is 0 Å². The molecular formula is C10H6F3NO. The molecule has 0 aliphatic rings. The van der Waals surface area contributed by atoms with Crippen LogP contribution in [0.3, 0.4) is 0 Å². The number of hydrogen-bond donors (Lipinski definition) is 0. The molecule has 0 fully saturated rings. The molecule has 0 aromatic heterocycles. The van der Waals surface area contributed by atoms with E-state index in [4.69, 9.17) is 5.26 Å². The molecule has 0 heterocycles. The van der Waals surface area contributed by atoms with E-state index in [2.05, 4.69) is 0 Å². The van der Waals surface area contributed by atoms with E-state index in [0.717, 1.165) is 13.0 Å². The Morgan fingerprint density at radius 2 is 2.07 bits per heavy atom. The van der Waals surface area contributed by atoms with Gasteiger partial charge in [0.15, 0.2) is 5.78 Å². The van der Waals surface area contributed by atoms with Gasteiger partial charge in [-0.25, -0.2) is 13.2 Å². The zero-order valence-electron chi connectivity index (χ0n) is 7.72. The first-order valence-corrected chi connectivity index (χ1v) is 4.00. The predicted octanol–water partition coefficient (Wildman–Crippen LogP) is 2.84. The molecule has 0 aliphatic carbocycles. The number of Topliss-reactive ketones (excluding diaryl/α,β-unsaturated/α-hetero) is 1. The van der Waals surface area contributed by atoms with Crippen LogP contribution in [0.2, 0.25) is 0 Å². The molecule has 0 atom stereocenters. The van der Waals surface area contributed by atoms with Gasteiger partial charge >= 0.3 is 0 Å². The van der Waals surface area contributed by atoms with Gasteiger partial charge in [0.05, 0.1) is 11.1 Å². The van der Waals surface area contributed by atoms with E-state index in [-0.39, 0.29) is 5.56 Å². The molecular weight excluding hydrogens is 207 g/mol. The molecule has 0 bridgehead atoms. The minimum Gasteiger partial charge on any atom is -0.294 e. The van der Waals surface area contributed by atoms with Crippen molar-refractivity contribution in [2.45, 2.75) is 13.3 Å². The molecule has 0 aliphatic heterocycles. The van der Waals surface area contributed by atoms with Crippen LogP contribution in [-0.4, -0.2) is 5.78 Å². The fraction of sp³-hybridized carbons (Fsp3) is 0.200. The summed E-state index contributed by atoms with van der Waals surface area (Å²) in [6.45, 7) is 1.07. The Balaban J connectivity index is 3.46. The monoisotopic (exact) mass is 213 g/mol. The number of halogens is 3. The molecule has 78 valence electrons. The Kier molecular flexibility index (Phi) is 3.10. The van der Waals surface area contributed by atoms with Crippen LogP contribution in [0.15, 0.2) is 12.1 Å². The van der Waals surface area contributed by atoms with E-state index in [9.17, 15) is 18.0 Å². The van der Waals surface area contributed by atoms with Gasteiger partial charge in [-0.2, -0.15) is 5.26 Å². The molecule has 0 radical (unpaired) electrons. The summed E-state index contributed by atoms with van der Waals surface area (Å²) in [6, 6.07) is 2.91. The van der Waals surface area contributed by atoms with E-state index >= 15 is 0 Å². The fourth-order valence-corrected chi connectivity index (χ4v) is 1.20. The average Bonchev–Trinajstić information content (AvgIpc) is 2.15. The Hall–Kier alpha value is -1.83. The molecule has 1 aromatic rings. The highest BCUT2D eigenvalue weighted by Gasteiger charge is 2.18. The van der Waals surface area contributed by atoms with Gasteiger partial charge in [0.2, 0.25) is 0 Å². The van der Waals surface area contributed by atoms with E-state index in [1.54, 1.807) is 0 Å². The third-order valence-electron chi connectivity index (χ3n) is 1.84. The predicted molar refractivity (Wildman–Crippen MR) is 46.1 cm³/mol. The lowest BCUT2D eigenvalue weighted by molar-refractivity contribution is 0.101. The van der Waals surface area contributed by atoms with Crippen molar-refractivity contribution in [1.82, 2.24) is 0 Å². The fourth-order valence-electron chi connectivity index (χ4n) is 1.20. The second-order valence-corrected chi connectivity index (χ2v) is 2.89. The second-order valence-electron chi connectivity index (χ2n) is 2.89. The molecule has 15 heavy (non-hydrogen) atoms. The Morgan fingerprint density at radius 3 is 2.47 bits per heavy atom. The maximum Gasteiger partial charge on any atom is 0.263 e. The first kappa shape index (κ1) is 11.2. The minimum atomic E-state index is -2.87. The largest absolute Gasteiger partial charge is 0.294 e. The standard InChI is InChI=1S/C10H6F3NO/c1-5(15)9-7(4-14)2-6(10(12)13)3-8(9)11/h2-3,10H,1H3. The average molecular weight is 213 g/mol. The van der Waals surface area contributed by atoms with E-state index in [1.165, 1.54) is 6.07 Å². The lowest BCUT2D eigenvalue weighted by Crippen LogP contribution is -2.03. The highest BCUT2D eigenvalue weighted by atomic mass is 19.3. The van der Waals surface area contributed by atoms with E-state index < -0.39 is 29.2 Å². The molecule has 0 saturated heterocycles. The maximum atomic E-state index is 13.2. The van der Waals surface area contributed by atoms with Gasteiger partial charge in [0, 0.05) is 5.56 Å². The van der Waals surface area contributed by atoms with Crippen molar-refractivity contribution in [2.24, 2.45) is 0 Å². The number of carbonyl (C=O) groups excluding carboxylic acids is 1. The lowest BCUT2D eigenvalue weighted by Gasteiger charge is -2.05. The molecule has 1 aromatic carbocycles. The summed E-state index contributed by atoms with van der Waals surface area (Å²) in [5, 5.41) is 8.58. The number of nitriles is 1. The summed E-state index contributed by atoms with van der Waals surface area (Å²) < 4.78 is 37.7. The highest BCUT2D eigenvalue weighted by molar-refractivity contribution is 5.96. The Labute approximate surface area is 83.9 Å². The molecule has 5 heteroatoms. The Morgan fingerprint density at radius 1 is 1.47 bits per heavy atom. The van der Waals surface area contributed by atoms with E-state index in [0.29, 0.717) is 6.07 Å². The normalized spacial score (nSPS) is 10.1. The first-order chi connectivity index (χ1) is 6.97. The van der Waals surface area contributed by atoms with Crippen molar-refractivity contribution in [3.8, 4) is 6.07 Å². The van der Waals surface area contributed by atoms with E-state index in [1.807, 2.05) is 0 Å². The summed E-state index contributed by atoms with van der Waals surface area (Å²) in [7, 11) is 0. The zero-order valence-corrected chi connectivity index (χ0v) is 7.72. The van der Waals surface area contributed by atoms with Crippen LogP contribution in [0.5, 0.6) is 0 Å². The van der Waals surface area contributed by atoms with Crippen molar-refractivity contribution >= 4 is 5.78 Å². The molecule has 2 nitrogen and oxygen atoms in total. The molecule has 0 spiro atoms. The second kappa shape index (κ2) is 4.13. The molecule has 1 rings (SSSR count). The number of ketones is 1. The van der Waals surface area contributed by atoms with Gasteiger partial charge in [-0.1, -0.05) is 0 Å². The van der Waals surface area contributed by atoms with Crippen LogP contribution in [0, 0.1) is 17.1 Å². The number of carbonyl (C=O) groups is 1. The first-order valence-electron chi connectivity index (χ1n) is 4.00. The highest BCUT2D eigenvalue weighted by Crippen LogP contribution is 2.24. The van der Waals surface area contributed by atoms with Crippen LogP contribution in [0.1, 0.15) is 34.8 Å². The number of hydrogen-bond acceptors (Lipinski definition) is 2. The minimum absolute atomic E-state index is 0.363. The van der Waals surface area contributed by atoms with Crippen molar-refractivity contribution in [2.75, 3.05) is 0 Å². The van der Waals surface area contributed by atoms with Crippen LogP contribution >= 0.6 is 0 Å². The van der Waals surface area contributed by atoms with Crippen molar-refractivity contribution in [3.63, 3.8) is 0 Å². The number of benzene rings is 1. The van der Waals surface area contributed by atoms with Crippen molar-refractivity contribution < 1.29 is 18.0 Å². The number of nitrogens with zero attached hydrogens (tertiary/aromatic N) is 1. The van der Waals surface area contributed by atoms with Gasteiger partial charge in [0.25, 0.3) is 6.43 Å². The van der Waals surface area contributed by atoms with Crippen molar-refractivity contribution in [3.05, 3.63) is 34.6 Å². The summed E-state index contributed by atoms with van der Waals surface area (Å²) in [5.74, 6) is -1.75. The van der Waals surface area contributed by atoms with Crippen molar-refractivity contribution in [1.29, 1.82) is 5.26 Å². The third kappa shape index (κ3) is 2.15. The third-order valence-corrected chi connectivity index (χ3v) is 1.84. The molecule has 0 N–H and O–H groups in total. The summed E-state index contributed by atoms with van der Waals surface area (Å²) >= 11 is 0. The van der Waals surface area contributed by atoms with Crippen LogP contribution < -0.4 is 0 Å². The zero-order chi connectivity index (χ0) is 11.6. The van der Waals surface area contributed by atoms with Gasteiger partial charge in [-0.3, -0.25) is 4.79 Å². The van der Waals surface area contributed by atoms with Crippen LogP contribution in [-0.2, 0) is 0 Å². The summed E-state index contributed by atoms with van der Waals surface area (Å²) in [4.78, 5) is 10.9. The Bertz CT molecular complexity index is 449. The van der Waals surface area contributed by atoms with Crippen LogP contribution in [0.25, 0.3) is 0 Å². The van der Waals surface area contributed by atoms with Gasteiger partial charge in [-0.05, 0) is 19.1 Å². The molecule has 0 saturated carbocycles. The summed E-state index contributed by atoms with van der Waals surface area (Å²) in [6.07, 6.45) is -2.87. The number of rotatable bonds is 2. The van der Waals surface area contributed by atoms with Gasteiger partial charge in [0.1, 0.15) is 11.9 Å². The van der Waals surface area contributed by atoms with Crippen LogP contribution in [0.4, 0.5) is 13.2 Å². The topological polar surface area (TPSA) is 40.9 Å². The number of alkyl halides is 2. The SMILES string of the molecule is CC(=O)c1c(F)cc(C(F)F)cc1C#N. The maximum absolute atomic E-state index is 13.2. The lowest BCUT2D eigenvalue weighted by atomic mass is 10.0. The van der Waals surface area contributed by atoms with Gasteiger partial charge < -0.3 is 0 Å². The smallest absolute Gasteiger partial charge is 0.263 e.